The standard InChI is InChI=1S/C20H23FN2O4S/c1-27-12-11-22-20(24)16-13-19(15-7-9-17(21)10-8-15)23(14-16)28(25,26)18-5-3-2-4-6-18/h2-10,16,19H,11-14H2,1H3,(H-,22,24,25,26)/t16-,19+/m1/s1. The van der Waals surface area contributed by atoms with Crippen molar-refractivity contribution >= 4 is 16.3 Å². The molecule has 2 aromatic rings. The highest BCUT2D eigenvalue weighted by Crippen LogP contribution is 2.41. The molecule has 1 heterocycles. The Balaban J connectivity index is 1.89. The zero-order valence-corrected chi connectivity index (χ0v) is 16.4. The number of nitrogens with one attached hydrogen (secondary N) is 1. The van der Waals surface area contributed by atoms with Gasteiger partial charge in [0, 0.05) is 13.7 Å². The molecule has 1 saturated heterocycles. The minimum absolute atomic E-state index is 0.0675. The Hall–Kier alpha value is -2.13. The van der Waals surface area contributed by atoms with Gasteiger partial charge in [-0.3, -0.25) is 4.79 Å². The van der Waals surface area contributed by atoms with Crippen molar-refractivity contribution in [3.8, 4) is 0 Å². The van der Waals surface area contributed by atoms with Crippen LogP contribution in [0.4, 0.5) is 4.39 Å². The van der Waals surface area contributed by atoms with Crippen molar-refractivity contribution in [2.75, 3.05) is 26.8 Å². The number of nitrogens with zero attached hydrogens (tertiary/aromatic N) is 1. The molecule has 1 amide bonds. The molecule has 0 aliphatic carbocycles. The first-order valence-electron chi connectivity index (χ1n) is 9.02. The molecule has 0 aromatic heterocycles. The lowest BCUT2D eigenvalue weighted by Crippen LogP contribution is -2.38. The molecule has 6 nitrogen and oxygen atoms in total. The first-order chi connectivity index (χ1) is 13.4. The summed E-state index contributed by atoms with van der Waals surface area (Å²) < 4.78 is 46.0. The monoisotopic (exact) mass is 406 g/mol. The van der Waals surface area contributed by atoms with Crippen molar-refractivity contribution in [2.24, 2.45) is 5.92 Å². The number of halogens is 1. The fourth-order valence-electron chi connectivity index (χ4n) is 3.40. The lowest BCUT2D eigenvalue weighted by molar-refractivity contribution is -0.124. The summed E-state index contributed by atoms with van der Waals surface area (Å²) in [6.07, 6.45) is 0.330. The highest BCUT2D eigenvalue weighted by atomic mass is 32.3. The van der Waals surface area contributed by atoms with Crippen LogP contribution in [0, 0.1) is 11.7 Å². The van der Waals surface area contributed by atoms with Gasteiger partial charge in [-0.15, -0.1) is 4.31 Å². The zero-order chi connectivity index (χ0) is 20.1. The van der Waals surface area contributed by atoms with E-state index in [1.165, 1.54) is 28.6 Å². The molecule has 0 bridgehead atoms. The number of hydrogen-bond acceptors (Lipinski definition) is 4. The number of carbonyl (C=O) groups is 1. The van der Waals surface area contributed by atoms with Crippen LogP contribution in [0.15, 0.2) is 59.5 Å². The van der Waals surface area contributed by atoms with Gasteiger partial charge >= 0.3 is 0 Å². The molecule has 28 heavy (non-hydrogen) atoms. The molecule has 0 saturated carbocycles. The van der Waals surface area contributed by atoms with Crippen LogP contribution in [0.25, 0.3) is 0 Å². The minimum Gasteiger partial charge on any atom is -0.593 e. The maximum Gasteiger partial charge on any atom is 0.224 e. The van der Waals surface area contributed by atoms with E-state index < -0.39 is 28.2 Å². The Kier molecular flexibility index (Phi) is 6.56. The van der Waals surface area contributed by atoms with E-state index in [1.807, 2.05) is 0 Å². The van der Waals surface area contributed by atoms with Gasteiger partial charge in [-0.05, 0) is 36.2 Å². The molecule has 3 rings (SSSR count). The van der Waals surface area contributed by atoms with Gasteiger partial charge in [0.15, 0.2) is 15.3 Å². The van der Waals surface area contributed by atoms with Gasteiger partial charge < -0.3 is 14.6 Å². The Bertz CT molecular complexity index is 847. The molecule has 0 spiro atoms. The molecule has 1 fully saturated rings. The van der Waals surface area contributed by atoms with Gasteiger partial charge in [-0.1, -0.05) is 34.5 Å². The van der Waals surface area contributed by atoms with E-state index in [0.717, 1.165) is 0 Å². The minimum atomic E-state index is -3.80. The van der Waals surface area contributed by atoms with Crippen molar-refractivity contribution in [3.63, 3.8) is 0 Å². The maximum atomic E-state index is 13.3. The smallest absolute Gasteiger partial charge is 0.224 e. The summed E-state index contributed by atoms with van der Waals surface area (Å²) in [6.45, 7) is 0.808. The second-order valence-corrected chi connectivity index (χ2v) is 8.56. The van der Waals surface area contributed by atoms with Gasteiger partial charge in [0.25, 0.3) is 0 Å². The number of sulfonamides is 1. The lowest BCUT2D eigenvalue weighted by Gasteiger charge is -2.28. The molecule has 3 atom stereocenters. The fourth-order valence-corrected chi connectivity index (χ4v) is 5.09. The van der Waals surface area contributed by atoms with Crippen molar-refractivity contribution < 1.29 is 22.7 Å². The number of carbonyl (C=O) groups excluding carboxylic acids is 1. The van der Waals surface area contributed by atoms with Crippen molar-refractivity contribution in [1.82, 2.24) is 9.62 Å². The molecule has 1 N–H and O–H groups in total. The summed E-state index contributed by atoms with van der Waals surface area (Å²) in [5.74, 6) is -1.10. The largest absolute Gasteiger partial charge is 0.593 e. The summed E-state index contributed by atoms with van der Waals surface area (Å²) in [7, 11) is -2.26. The molecule has 0 radical (unpaired) electrons. The third-order valence-corrected chi connectivity index (χ3v) is 6.73. The number of amides is 1. The summed E-state index contributed by atoms with van der Waals surface area (Å²) in [6, 6.07) is 13.3. The number of rotatable bonds is 7. The van der Waals surface area contributed by atoms with Crippen molar-refractivity contribution in [1.29, 1.82) is 0 Å². The van der Waals surface area contributed by atoms with Crippen molar-refractivity contribution in [2.45, 2.75) is 17.4 Å². The predicted molar refractivity (Wildman–Crippen MR) is 102 cm³/mol. The van der Waals surface area contributed by atoms with E-state index in [9.17, 15) is 17.9 Å². The Morgan fingerprint density at radius 3 is 2.57 bits per heavy atom. The zero-order valence-electron chi connectivity index (χ0n) is 15.5. The first kappa shape index (κ1) is 20.6. The third kappa shape index (κ3) is 4.47. The number of methoxy groups -OCH3 is 1. The first-order valence-corrected chi connectivity index (χ1v) is 10.5. The van der Waals surface area contributed by atoms with E-state index in [1.54, 1.807) is 37.4 Å². The van der Waals surface area contributed by atoms with Crippen LogP contribution >= 0.6 is 0 Å². The molecule has 150 valence electrons. The predicted octanol–water partition coefficient (Wildman–Crippen LogP) is 2.56. The van der Waals surface area contributed by atoms with E-state index in [0.29, 0.717) is 25.1 Å². The summed E-state index contributed by atoms with van der Waals surface area (Å²) >= 11 is 0. The summed E-state index contributed by atoms with van der Waals surface area (Å²) in [5, 5.41) is 2.77. The molecule has 1 aliphatic rings. The second-order valence-electron chi connectivity index (χ2n) is 6.67. The number of hydrogen-bond donors (Lipinski definition) is 1. The van der Waals surface area contributed by atoms with Crippen LogP contribution in [0.2, 0.25) is 0 Å². The molecule has 1 aliphatic heterocycles. The third-order valence-electron chi connectivity index (χ3n) is 4.84. The SMILES string of the molecule is COCCNC(=O)[C@@H]1C[C@@H](c2ccc(F)cc2)N([S+](=O)([O-])c2ccccc2)C1. The Morgan fingerprint density at radius 1 is 1.25 bits per heavy atom. The van der Waals surface area contributed by atoms with E-state index in [2.05, 4.69) is 5.32 Å². The summed E-state index contributed by atoms with van der Waals surface area (Å²) in [5.41, 5.74) is 0.660. The number of benzene rings is 2. The van der Waals surface area contributed by atoms with Gasteiger partial charge in [-0.25, -0.2) is 4.39 Å². The fraction of sp³-hybridized carbons (Fsp3) is 0.350. The molecule has 2 aromatic carbocycles. The molecule has 1 unspecified atom stereocenters. The average Bonchev–Trinajstić information content (AvgIpc) is 3.16. The van der Waals surface area contributed by atoms with Crippen LogP contribution < -0.4 is 5.32 Å². The van der Waals surface area contributed by atoms with Crippen LogP contribution in [-0.4, -0.2) is 41.6 Å². The van der Waals surface area contributed by atoms with Crippen molar-refractivity contribution in [3.05, 3.63) is 66.0 Å². The second kappa shape index (κ2) is 8.91. The van der Waals surface area contributed by atoms with Crippen LogP contribution in [0.1, 0.15) is 18.0 Å². The highest BCUT2D eigenvalue weighted by Gasteiger charge is 2.46. The van der Waals surface area contributed by atoms with E-state index >= 15 is 0 Å². The van der Waals surface area contributed by atoms with Crippen LogP contribution in [0.3, 0.4) is 0 Å². The molecule has 8 heteroatoms. The van der Waals surface area contributed by atoms with E-state index in [4.69, 9.17) is 4.74 Å². The maximum absolute atomic E-state index is 13.3. The summed E-state index contributed by atoms with van der Waals surface area (Å²) in [4.78, 5) is 12.7. The normalized spacial score (nSPS) is 22.0. The van der Waals surface area contributed by atoms with Crippen LogP contribution in [-0.2, 0) is 24.1 Å². The Labute approximate surface area is 165 Å². The van der Waals surface area contributed by atoms with Gasteiger partial charge in [-0.2, -0.15) is 0 Å². The van der Waals surface area contributed by atoms with Gasteiger partial charge in [0.1, 0.15) is 5.82 Å². The Morgan fingerprint density at radius 2 is 1.93 bits per heavy atom. The highest BCUT2D eigenvalue weighted by molar-refractivity contribution is 7.95. The van der Waals surface area contributed by atoms with E-state index in [-0.39, 0.29) is 17.3 Å². The molecular weight excluding hydrogens is 383 g/mol. The van der Waals surface area contributed by atoms with Crippen LogP contribution in [0.5, 0.6) is 0 Å². The quantitative estimate of drug-likeness (QED) is 0.566. The van der Waals surface area contributed by atoms with Gasteiger partial charge in [0.2, 0.25) is 5.91 Å². The molecular formula is C20H23FN2O4S. The number of ether oxygens (including phenoxy) is 1. The average molecular weight is 406 g/mol. The lowest BCUT2D eigenvalue weighted by atomic mass is 9.99. The topological polar surface area (TPSA) is 81.7 Å². The van der Waals surface area contributed by atoms with Gasteiger partial charge in [0.05, 0.1) is 25.1 Å².